The Balaban J connectivity index is 3.01. The third kappa shape index (κ3) is 2.88. The molecular formula is C7H3ClF3NO2. The van der Waals surface area contributed by atoms with Gasteiger partial charge in [0, 0.05) is 0 Å². The number of carbonyl (C=O) groups is 1. The fourth-order valence-corrected chi connectivity index (χ4v) is 0.828. The second-order valence-electron chi connectivity index (χ2n) is 2.19. The molecule has 1 rings (SSSR count). The molecule has 0 aromatic carbocycles. The van der Waals surface area contributed by atoms with E-state index in [1.54, 1.807) is 0 Å². The van der Waals surface area contributed by atoms with Gasteiger partial charge in [-0.15, -0.1) is 13.2 Å². The van der Waals surface area contributed by atoms with Crippen molar-refractivity contribution in [1.82, 2.24) is 4.98 Å². The zero-order valence-corrected chi connectivity index (χ0v) is 7.26. The largest absolute Gasteiger partial charge is 0.574 e. The summed E-state index contributed by atoms with van der Waals surface area (Å²) in [6.45, 7) is 0. The van der Waals surface area contributed by atoms with Gasteiger partial charge in [0.05, 0.1) is 0 Å². The predicted octanol–water partition coefficient (Wildman–Crippen LogP) is 2.45. The first kappa shape index (κ1) is 10.8. The Kier molecular flexibility index (Phi) is 2.95. The summed E-state index contributed by atoms with van der Waals surface area (Å²) in [6, 6.07) is 2.28. The van der Waals surface area contributed by atoms with Gasteiger partial charge in [0.25, 0.3) is 0 Å². The summed E-state index contributed by atoms with van der Waals surface area (Å²) in [6.07, 6.45) is -4.59. The number of hydrogen-bond donors (Lipinski definition) is 0. The number of alkyl halides is 3. The molecule has 7 heteroatoms. The molecule has 0 aliphatic rings. The van der Waals surface area contributed by atoms with Gasteiger partial charge in [-0.1, -0.05) is 11.6 Å². The molecule has 0 atom stereocenters. The van der Waals surface area contributed by atoms with Crippen molar-refractivity contribution in [1.29, 1.82) is 0 Å². The number of aldehydes is 1. The third-order valence-electron chi connectivity index (χ3n) is 1.17. The van der Waals surface area contributed by atoms with Crippen LogP contribution in [0.3, 0.4) is 0 Å². The molecule has 0 saturated carbocycles. The summed E-state index contributed by atoms with van der Waals surface area (Å²) in [7, 11) is 0. The molecule has 1 aromatic heterocycles. The molecule has 0 spiro atoms. The molecule has 76 valence electrons. The normalized spacial score (nSPS) is 11.1. The summed E-state index contributed by atoms with van der Waals surface area (Å²) in [4.78, 5) is 13.4. The van der Waals surface area contributed by atoms with Crippen molar-refractivity contribution in [2.45, 2.75) is 6.36 Å². The topological polar surface area (TPSA) is 39.2 Å². The summed E-state index contributed by atoms with van der Waals surface area (Å²) >= 11 is 5.36. The van der Waals surface area contributed by atoms with Crippen LogP contribution in [-0.4, -0.2) is 17.6 Å². The Bertz CT molecular complexity index is 353. The number of aromatic nitrogens is 1. The standard InChI is InChI=1S/C7H3ClF3NO2/c8-5-2-1-4(3-13)12-6(5)14-7(9,10)11/h1-3H. The van der Waals surface area contributed by atoms with Gasteiger partial charge in [-0.25, -0.2) is 4.98 Å². The lowest BCUT2D eigenvalue weighted by atomic mass is 10.4. The van der Waals surface area contributed by atoms with Gasteiger partial charge in [0.1, 0.15) is 10.7 Å². The predicted molar refractivity (Wildman–Crippen MR) is 41.3 cm³/mol. The van der Waals surface area contributed by atoms with E-state index in [1.165, 1.54) is 6.07 Å². The van der Waals surface area contributed by atoms with Crippen molar-refractivity contribution in [2.75, 3.05) is 0 Å². The SMILES string of the molecule is O=Cc1ccc(Cl)c(OC(F)(F)F)n1. The van der Waals surface area contributed by atoms with E-state index in [2.05, 4.69) is 9.72 Å². The Morgan fingerprint density at radius 1 is 1.43 bits per heavy atom. The van der Waals surface area contributed by atoms with Crippen LogP contribution in [0.1, 0.15) is 10.5 Å². The molecule has 0 N–H and O–H groups in total. The highest BCUT2D eigenvalue weighted by Crippen LogP contribution is 2.27. The van der Waals surface area contributed by atoms with E-state index < -0.39 is 12.2 Å². The lowest BCUT2D eigenvalue weighted by Crippen LogP contribution is -2.18. The lowest BCUT2D eigenvalue weighted by Gasteiger charge is -2.08. The van der Waals surface area contributed by atoms with E-state index in [0.29, 0.717) is 6.29 Å². The van der Waals surface area contributed by atoms with Gasteiger partial charge in [0.2, 0.25) is 5.88 Å². The maximum Gasteiger partial charge on any atom is 0.574 e. The van der Waals surface area contributed by atoms with Crippen LogP contribution in [-0.2, 0) is 0 Å². The number of nitrogens with zero attached hydrogens (tertiary/aromatic N) is 1. The Morgan fingerprint density at radius 3 is 2.57 bits per heavy atom. The highest BCUT2D eigenvalue weighted by Gasteiger charge is 2.32. The van der Waals surface area contributed by atoms with E-state index >= 15 is 0 Å². The molecule has 0 fully saturated rings. The van der Waals surface area contributed by atoms with Gasteiger partial charge >= 0.3 is 6.36 Å². The number of halogens is 4. The van der Waals surface area contributed by atoms with Crippen molar-refractivity contribution in [2.24, 2.45) is 0 Å². The number of carbonyl (C=O) groups excluding carboxylic acids is 1. The van der Waals surface area contributed by atoms with Crippen LogP contribution in [0.2, 0.25) is 5.02 Å². The fraction of sp³-hybridized carbons (Fsp3) is 0.143. The molecule has 0 aliphatic heterocycles. The molecule has 3 nitrogen and oxygen atoms in total. The molecule has 0 aliphatic carbocycles. The van der Waals surface area contributed by atoms with Crippen LogP contribution in [0.15, 0.2) is 12.1 Å². The van der Waals surface area contributed by atoms with E-state index in [0.717, 1.165) is 6.07 Å². The van der Waals surface area contributed by atoms with Crippen LogP contribution in [0, 0.1) is 0 Å². The van der Waals surface area contributed by atoms with E-state index in [1.807, 2.05) is 0 Å². The zero-order valence-electron chi connectivity index (χ0n) is 6.51. The maximum absolute atomic E-state index is 11.7. The van der Waals surface area contributed by atoms with Crippen LogP contribution in [0.4, 0.5) is 13.2 Å². The van der Waals surface area contributed by atoms with Crippen molar-refractivity contribution in [3.63, 3.8) is 0 Å². The van der Waals surface area contributed by atoms with Gasteiger partial charge in [-0.05, 0) is 12.1 Å². The van der Waals surface area contributed by atoms with Gasteiger partial charge in [0.15, 0.2) is 6.29 Å². The van der Waals surface area contributed by atoms with Crippen molar-refractivity contribution in [3.8, 4) is 5.88 Å². The summed E-state index contributed by atoms with van der Waals surface area (Å²) in [5.41, 5.74) is -0.186. The molecule has 1 aromatic rings. The number of hydrogen-bond acceptors (Lipinski definition) is 3. The first-order valence-corrected chi connectivity index (χ1v) is 3.67. The molecule has 0 unspecified atom stereocenters. The highest BCUT2D eigenvalue weighted by molar-refractivity contribution is 6.31. The Labute approximate surface area is 81.5 Å². The fourth-order valence-electron chi connectivity index (χ4n) is 0.685. The number of pyridine rings is 1. The number of ether oxygens (including phenoxy) is 1. The molecule has 0 bridgehead atoms. The summed E-state index contributed by atoms with van der Waals surface area (Å²) in [5.74, 6) is -0.830. The monoisotopic (exact) mass is 225 g/mol. The van der Waals surface area contributed by atoms with Crippen molar-refractivity contribution >= 4 is 17.9 Å². The van der Waals surface area contributed by atoms with Crippen molar-refractivity contribution in [3.05, 3.63) is 22.8 Å². The highest BCUT2D eigenvalue weighted by atomic mass is 35.5. The maximum atomic E-state index is 11.7. The second kappa shape index (κ2) is 3.83. The Morgan fingerprint density at radius 2 is 2.07 bits per heavy atom. The minimum absolute atomic E-state index is 0.186. The minimum Gasteiger partial charge on any atom is -0.386 e. The Hall–Kier alpha value is -1.30. The van der Waals surface area contributed by atoms with E-state index in [9.17, 15) is 18.0 Å². The second-order valence-corrected chi connectivity index (χ2v) is 2.60. The first-order valence-electron chi connectivity index (χ1n) is 3.30. The van der Waals surface area contributed by atoms with Gasteiger partial charge < -0.3 is 4.74 Å². The van der Waals surface area contributed by atoms with E-state index in [4.69, 9.17) is 11.6 Å². The van der Waals surface area contributed by atoms with E-state index in [-0.39, 0.29) is 10.7 Å². The van der Waals surface area contributed by atoms with Crippen LogP contribution < -0.4 is 4.74 Å². The van der Waals surface area contributed by atoms with Gasteiger partial charge in [-0.3, -0.25) is 4.79 Å². The quantitative estimate of drug-likeness (QED) is 0.726. The molecule has 14 heavy (non-hydrogen) atoms. The van der Waals surface area contributed by atoms with Gasteiger partial charge in [-0.2, -0.15) is 0 Å². The third-order valence-corrected chi connectivity index (χ3v) is 1.46. The molecular weight excluding hydrogens is 223 g/mol. The van der Waals surface area contributed by atoms with Crippen LogP contribution in [0.25, 0.3) is 0 Å². The first-order chi connectivity index (χ1) is 6.42. The lowest BCUT2D eigenvalue weighted by molar-refractivity contribution is -0.276. The summed E-state index contributed by atoms with van der Waals surface area (Å²) < 4.78 is 38.7. The molecule has 0 saturated heterocycles. The smallest absolute Gasteiger partial charge is 0.386 e. The average molecular weight is 226 g/mol. The van der Waals surface area contributed by atoms with Crippen LogP contribution >= 0.6 is 11.6 Å². The minimum atomic E-state index is -4.88. The average Bonchev–Trinajstić information content (AvgIpc) is 2.06. The number of rotatable bonds is 2. The molecule has 0 amide bonds. The zero-order chi connectivity index (χ0) is 10.8. The molecule has 0 radical (unpaired) electrons. The van der Waals surface area contributed by atoms with Crippen LogP contribution in [0.5, 0.6) is 5.88 Å². The molecule has 1 heterocycles. The van der Waals surface area contributed by atoms with Crippen molar-refractivity contribution < 1.29 is 22.7 Å². The summed E-state index contributed by atoms with van der Waals surface area (Å²) in [5, 5.41) is -0.312.